The standard InChI is InChI=1S/C22H25FN2O5/c1-13(14-5-7-16(23)8-6-14)24-22(27)15-9-20(26)25(12-15)17-10-18(28-2)21(30-4)19(11-17)29-3/h5-8,10-11,13,15H,9,12H2,1-4H3,(H,24,27). The fourth-order valence-electron chi connectivity index (χ4n) is 3.52. The molecule has 0 saturated carbocycles. The first-order chi connectivity index (χ1) is 14.4. The van der Waals surface area contributed by atoms with Gasteiger partial charge in [0.15, 0.2) is 11.5 Å². The van der Waals surface area contributed by atoms with Crippen LogP contribution in [0.25, 0.3) is 0 Å². The van der Waals surface area contributed by atoms with Crippen LogP contribution in [0.2, 0.25) is 0 Å². The second-order valence-corrected chi connectivity index (χ2v) is 7.07. The van der Waals surface area contributed by atoms with Crippen LogP contribution in [-0.4, -0.2) is 39.7 Å². The minimum absolute atomic E-state index is 0.0959. The van der Waals surface area contributed by atoms with Gasteiger partial charge >= 0.3 is 0 Å². The number of anilines is 1. The van der Waals surface area contributed by atoms with Crippen LogP contribution in [0.3, 0.4) is 0 Å². The van der Waals surface area contributed by atoms with Crippen molar-refractivity contribution in [2.24, 2.45) is 5.92 Å². The van der Waals surface area contributed by atoms with Crippen LogP contribution in [-0.2, 0) is 9.59 Å². The first-order valence-electron chi connectivity index (χ1n) is 9.54. The highest BCUT2D eigenvalue weighted by Gasteiger charge is 2.36. The van der Waals surface area contributed by atoms with Gasteiger partial charge in [-0.3, -0.25) is 9.59 Å². The topological polar surface area (TPSA) is 77.1 Å². The molecule has 0 bridgehead atoms. The molecule has 1 heterocycles. The van der Waals surface area contributed by atoms with Crippen LogP contribution >= 0.6 is 0 Å². The van der Waals surface area contributed by atoms with Crippen molar-refractivity contribution in [3.05, 3.63) is 47.8 Å². The number of benzene rings is 2. The first-order valence-corrected chi connectivity index (χ1v) is 9.54. The Balaban J connectivity index is 1.74. The van der Waals surface area contributed by atoms with Crippen LogP contribution in [0.1, 0.15) is 24.9 Å². The SMILES string of the molecule is COc1cc(N2CC(C(=O)NC(C)c3ccc(F)cc3)CC2=O)cc(OC)c1OC. The molecule has 0 radical (unpaired) electrons. The largest absolute Gasteiger partial charge is 0.493 e. The lowest BCUT2D eigenvalue weighted by molar-refractivity contribution is -0.126. The molecule has 1 fully saturated rings. The van der Waals surface area contributed by atoms with Crippen molar-refractivity contribution in [3.8, 4) is 17.2 Å². The summed E-state index contributed by atoms with van der Waals surface area (Å²) in [6.07, 6.45) is 0.0959. The molecule has 1 N–H and O–H groups in total. The number of nitrogens with one attached hydrogen (secondary N) is 1. The van der Waals surface area contributed by atoms with E-state index in [4.69, 9.17) is 14.2 Å². The van der Waals surface area contributed by atoms with Gasteiger partial charge in [0.2, 0.25) is 17.6 Å². The molecule has 1 aliphatic rings. The van der Waals surface area contributed by atoms with Gasteiger partial charge in [-0.05, 0) is 24.6 Å². The molecule has 0 spiro atoms. The van der Waals surface area contributed by atoms with Gasteiger partial charge in [-0.15, -0.1) is 0 Å². The molecular weight excluding hydrogens is 391 g/mol. The third kappa shape index (κ3) is 4.32. The van der Waals surface area contributed by atoms with E-state index >= 15 is 0 Å². The molecule has 2 amide bonds. The Bertz CT molecular complexity index is 907. The predicted octanol–water partition coefficient (Wildman–Crippen LogP) is 3.08. The maximum absolute atomic E-state index is 13.1. The van der Waals surface area contributed by atoms with E-state index in [0.717, 1.165) is 5.56 Å². The zero-order valence-corrected chi connectivity index (χ0v) is 17.4. The number of hydrogen-bond acceptors (Lipinski definition) is 5. The molecule has 2 atom stereocenters. The molecule has 160 valence electrons. The highest BCUT2D eigenvalue weighted by atomic mass is 19.1. The summed E-state index contributed by atoms with van der Waals surface area (Å²) in [5.74, 6) is 0.0564. The molecule has 0 aliphatic carbocycles. The fourth-order valence-corrected chi connectivity index (χ4v) is 3.52. The maximum atomic E-state index is 13.1. The first kappa shape index (κ1) is 21.4. The van der Waals surface area contributed by atoms with Crippen molar-refractivity contribution in [1.29, 1.82) is 0 Å². The number of rotatable bonds is 7. The number of nitrogens with zero attached hydrogens (tertiary/aromatic N) is 1. The molecule has 1 saturated heterocycles. The van der Waals surface area contributed by atoms with E-state index in [0.29, 0.717) is 22.9 Å². The molecule has 7 nitrogen and oxygen atoms in total. The Kier molecular flexibility index (Phi) is 6.44. The van der Waals surface area contributed by atoms with Gasteiger partial charge in [0.1, 0.15) is 5.82 Å². The van der Waals surface area contributed by atoms with E-state index in [1.165, 1.54) is 38.4 Å². The number of carbonyl (C=O) groups is 2. The molecular formula is C22H25FN2O5. The van der Waals surface area contributed by atoms with Gasteiger partial charge in [-0.25, -0.2) is 4.39 Å². The van der Waals surface area contributed by atoms with E-state index in [9.17, 15) is 14.0 Å². The number of hydrogen-bond donors (Lipinski definition) is 1. The molecule has 8 heteroatoms. The van der Waals surface area contributed by atoms with Crippen molar-refractivity contribution in [2.45, 2.75) is 19.4 Å². The molecule has 2 aromatic rings. The van der Waals surface area contributed by atoms with Crippen molar-refractivity contribution >= 4 is 17.5 Å². The number of ether oxygens (including phenoxy) is 3. The van der Waals surface area contributed by atoms with Crippen LogP contribution in [0.4, 0.5) is 10.1 Å². The zero-order valence-electron chi connectivity index (χ0n) is 17.4. The summed E-state index contributed by atoms with van der Waals surface area (Å²) in [6, 6.07) is 9.02. The fraction of sp³-hybridized carbons (Fsp3) is 0.364. The third-order valence-electron chi connectivity index (χ3n) is 5.19. The summed E-state index contributed by atoms with van der Waals surface area (Å²) in [5.41, 5.74) is 1.35. The Morgan fingerprint density at radius 1 is 1.10 bits per heavy atom. The van der Waals surface area contributed by atoms with Crippen molar-refractivity contribution in [1.82, 2.24) is 5.32 Å². The van der Waals surface area contributed by atoms with E-state index < -0.39 is 5.92 Å². The third-order valence-corrected chi connectivity index (χ3v) is 5.19. The summed E-state index contributed by atoms with van der Waals surface area (Å²) < 4.78 is 29.1. The number of amides is 2. The van der Waals surface area contributed by atoms with Gasteiger partial charge < -0.3 is 24.4 Å². The quantitative estimate of drug-likeness (QED) is 0.751. The second kappa shape index (κ2) is 9.02. The maximum Gasteiger partial charge on any atom is 0.227 e. The van der Waals surface area contributed by atoms with Gasteiger partial charge in [0, 0.05) is 25.1 Å². The summed E-state index contributed by atoms with van der Waals surface area (Å²) >= 11 is 0. The van der Waals surface area contributed by atoms with Crippen LogP contribution < -0.4 is 24.4 Å². The lowest BCUT2D eigenvalue weighted by atomic mass is 10.0. The lowest BCUT2D eigenvalue weighted by Crippen LogP contribution is -2.34. The normalized spacial score (nSPS) is 16.9. The lowest BCUT2D eigenvalue weighted by Gasteiger charge is -2.21. The number of carbonyl (C=O) groups excluding carboxylic acids is 2. The molecule has 30 heavy (non-hydrogen) atoms. The molecule has 1 aliphatic heterocycles. The number of methoxy groups -OCH3 is 3. The summed E-state index contributed by atoms with van der Waals surface area (Å²) in [4.78, 5) is 26.9. The molecule has 2 unspecified atom stereocenters. The summed E-state index contributed by atoms with van der Waals surface area (Å²) in [6.45, 7) is 2.05. The average Bonchev–Trinajstić information content (AvgIpc) is 3.14. The second-order valence-electron chi connectivity index (χ2n) is 7.07. The molecule has 0 aromatic heterocycles. The Morgan fingerprint density at radius 2 is 1.70 bits per heavy atom. The summed E-state index contributed by atoms with van der Waals surface area (Å²) in [7, 11) is 4.50. The number of halogens is 1. The van der Waals surface area contributed by atoms with E-state index in [1.54, 1.807) is 24.3 Å². The molecule has 2 aromatic carbocycles. The average molecular weight is 416 g/mol. The highest BCUT2D eigenvalue weighted by Crippen LogP contribution is 2.42. The summed E-state index contributed by atoms with van der Waals surface area (Å²) in [5, 5.41) is 2.90. The minimum Gasteiger partial charge on any atom is -0.493 e. The van der Waals surface area contributed by atoms with Crippen molar-refractivity contribution in [3.63, 3.8) is 0 Å². The predicted molar refractivity (Wildman–Crippen MR) is 110 cm³/mol. The van der Waals surface area contributed by atoms with Gasteiger partial charge in [-0.1, -0.05) is 12.1 Å². The van der Waals surface area contributed by atoms with Crippen LogP contribution in [0.15, 0.2) is 36.4 Å². The van der Waals surface area contributed by atoms with Gasteiger partial charge in [0.05, 0.1) is 39.0 Å². The Labute approximate surface area is 174 Å². The van der Waals surface area contributed by atoms with Crippen LogP contribution in [0, 0.1) is 11.7 Å². The monoisotopic (exact) mass is 416 g/mol. The van der Waals surface area contributed by atoms with Crippen LogP contribution in [0.5, 0.6) is 17.2 Å². The van der Waals surface area contributed by atoms with Gasteiger partial charge in [-0.2, -0.15) is 0 Å². The van der Waals surface area contributed by atoms with E-state index in [2.05, 4.69) is 5.32 Å². The van der Waals surface area contributed by atoms with Crippen molar-refractivity contribution < 1.29 is 28.2 Å². The van der Waals surface area contributed by atoms with Crippen molar-refractivity contribution in [2.75, 3.05) is 32.8 Å². The molecule has 3 rings (SSSR count). The zero-order chi connectivity index (χ0) is 21.8. The highest BCUT2D eigenvalue weighted by molar-refractivity contribution is 6.00. The van der Waals surface area contributed by atoms with E-state index in [1.807, 2.05) is 6.92 Å². The van der Waals surface area contributed by atoms with E-state index in [-0.39, 0.29) is 36.6 Å². The Hall–Kier alpha value is -3.29. The minimum atomic E-state index is -0.500. The smallest absolute Gasteiger partial charge is 0.227 e. The van der Waals surface area contributed by atoms with Gasteiger partial charge in [0.25, 0.3) is 0 Å². The Morgan fingerprint density at radius 3 is 2.23 bits per heavy atom.